The molecule has 1 saturated heterocycles. The molecule has 2 atom stereocenters. The van der Waals surface area contributed by atoms with Gasteiger partial charge < -0.3 is 15.4 Å². The van der Waals surface area contributed by atoms with Gasteiger partial charge in [-0.05, 0) is 34.1 Å². The van der Waals surface area contributed by atoms with Gasteiger partial charge in [0.05, 0.1) is 6.07 Å². The van der Waals surface area contributed by atoms with Crippen molar-refractivity contribution >= 4 is 6.09 Å². The van der Waals surface area contributed by atoms with Crippen molar-refractivity contribution in [1.29, 1.82) is 5.26 Å². The van der Waals surface area contributed by atoms with Gasteiger partial charge in [0, 0.05) is 19.0 Å². The summed E-state index contributed by atoms with van der Waals surface area (Å²) in [5.41, 5.74) is 4.50. The molecule has 1 fully saturated rings. The maximum atomic E-state index is 11.8. The molecule has 2 unspecified atom stereocenters. The van der Waals surface area contributed by atoms with Gasteiger partial charge in [0.25, 0.3) is 0 Å². The Kier molecular flexibility index (Phi) is 3.68. The molecule has 5 heteroatoms. The highest BCUT2D eigenvalue weighted by atomic mass is 16.6. The summed E-state index contributed by atoms with van der Waals surface area (Å²) in [6.45, 7) is 8.31. The molecule has 0 aromatic carbocycles. The van der Waals surface area contributed by atoms with Crippen LogP contribution in [0.25, 0.3) is 0 Å². The molecule has 1 amide bonds. The Bertz CT molecular complexity index is 339. The standard InChI is InChI=1S/C12H21N3O2/c1-11(2,3)17-10(16)15-6-5-9(7-15)12(4,14)8-13/h9H,5-7,14H2,1-4H3. The van der Waals surface area contributed by atoms with Gasteiger partial charge >= 0.3 is 6.09 Å². The van der Waals surface area contributed by atoms with Crippen LogP contribution >= 0.6 is 0 Å². The minimum atomic E-state index is -0.878. The Labute approximate surface area is 103 Å². The predicted octanol–water partition coefficient (Wildman–Crippen LogP) is 1.48. The molecule has 2 N–H and O–H groups in total. The first-order chi connectivity index (χ1) is 7.65. The van der Waals surface area contributed by atoms with Gasteiger partial charge in [0.2, 0.25) is 0 Å². The average Bonchev–Trinajstić information content (AvgIpc) is 2.64. The number of carbonyl (C=O) groups excluding carboxylic acids is 1. The maximum absolute atomic E-state index is 11.8. The maximum Gasteiger partial charge on any atom is 0.410 e. The molecule has 1 aliphatic rings. The zero-order chi connectivity index (χ0) is 13.3. The van der Waals surface area contributed by atoms with Crippen LogP contribution in [0.4, 0.5) is 4.79 Å². The van der Waals surface area contributed by atoms with E-state index >= 15 is 0 Å². The summed E-state index contributed by atoms with van der Waals surface area (Å²) in [6.07, 6.45) is 0.425. The van der Waals surface area contributed by atoms with Gasteiger partial charge in [-0.15, -0.1) is 0 Å². The molecular weight excluding hydrogens is 218 g/mol. The first kappa shape index (κ1) is 13.8. The predicted molar refractivity (Wildman–Crippen MR) is 64.1 cm³/mol. The molecule has 0 aromatic heterocycles. The number of likely N-dealkylation sites (tertiary alicyclic amines) is 1. The summed E-state index contributed by atoms with van der Waals surface area (Å²) in [5.74, 6) is 0.0139. The molecule has 0 radical (unpaired) electrons. The van der Waals surface area contributed by atoms with Gasteiger partial charge in [-0.1, -0.05) is 0 Å². The third kappa shape index (κ3) is 3.60. The summed E-state index contributed by atoms with van der Waals surface area (Å²) in [4.78, 5) is 13.4. The van der Waals surface area contributed by atoms with E-state index in [9.17, 15) is 4.79 Å². The van der Waals surface area contributed by atoms with Crippen LogP contribution in [0, 0.1) is 17.2 Å². The minimum absolute atomic E-state index is 0.0139. The fraction of sp³-hybridized carbons (Fsp3) is 0.833. The fourth-order valence-corrected chi connectivity index (χ4v) is 1.83. The lowest BCUT2D eigenvalue weighted by Gasteiger charge is -2.26. The summed E-state index contributed by atoms with van der Waals surface area (Å²) >= 11 is 0. The number of carbonyl (C=O) groups is 1. The number of amides is 1. The van der Waals surface area contributed by atoms with Crippen molar-refractivity contribution in [3.8, 4) is 6.07 Å². The zero-order valence-corrected chi connectivity index (χ0v) is 11.0. The second-order valence-electron chi connectivity index (χ2n) is 5.81. The van der Waals surface area contributed by atoms with Crippen LogP contribution < -0.4 is 5.73 Å². The van der Waals surface area contributed by atoms with Crippen molar-refractivity contribution < 1.29 is 9.53 Å². The third-order valence-electron chi connectivity index (χ3n) is 2.93. The molecule has 5 nitrogen and oxygen atoms in total. The molecule has 0 aromatic rings. The van der Waals surface area contributed by atoms with Gasteiger partial charge in [0.1, 0.15) is 11.1 Å². The van der Waals surface area contributed by atoms with Crippen LogP contribution in [0.15, 0.2) is 0 Å². The van der Waals surface area contributed by atoms with Gasteiger partial charge in [-0.25, -0.2) is 4.79 Å². The number of hydrogen-bond acceptors (Lipinski definition) is 4. The van der Waals surface area contributed by atoms with Crippen molar-refractivity contribution in [3.63, 3.8) is 0 Å². The van der Waals surface area contributed by atoms with E-state index in [0.29, 0.717) is 13.1 Å². The van der Waals surface area contributed by atoms with Crippen molar-refractivity contribution in [3.05, 3.63) is 0 Å². The Morgan fingerprint density at radius 3 is 2.53 bits per heavy atom. The van der Waals surface area contributed by atoms with E-state index < -0.39 is 11.1 Å². The highest BCUT2D eigenvalue weighted by Crippen LogP contribution is 2.26. The summed E-state index contributed by atoms with van der Waals surface area (Å²) < 4.78 is 5.28. The second kappa shape index (κ2) is 4.53. The summed E-state index contributed by atoms with van der Waals surface area (Å²) in [5, 5.41) is 8.96. The number of nitrogens with zero attached hydrogens (tertiary/aromatic N) is 2. The van der Waals surface area contributed by atoms with Crippen LogP contribution in [0.5, 0.6) is 0 Å². The van der Waals surface area contributed by atoms with Crippen LogP contribution in [0.1, 0.15) is 34.1 Å². The number of nitrogens with two attached hydrogens (primary N) is 1. The lowest BCUT2D eigenvalue weighted by atomic mass is 9.87. The van der Waals surface area contributed by atoms with Crippen molar-refractivity contribution in [2.45, 2.75) is 45.3 Å². The van der Waals surface area contributed by atoms with Crippen LogP contribution in [-0.2, 0) is 4.74 Å². The smallest absolute Gasteiger partial charge is 0.410 e. The monoisotopic (exact) mass is 239 g/mol. The second-order valence-corrected chi connectivity index (χ2v) is 5.81. The highest BCUT2D eigenvalue weighted by Gasteiger charge is 2.38. The molecule has 0 spiro atoms. The van der Waals surface area contributed by atoms with Crippen molar-refractivity contribution in [2.24, 2.45) is 11.7 Å². The summed E-state index contributed by atoms with van der Waals surface area (Å²) in [6, 6.07) is 2.09. The molecule has 1 aliphatic heterocycles. The normalized spacial score (nSPS) is 24.0. The number of rotatable bonds is 1. The third-order valence-corrected chi connectivity index (χ3v) is 2.93. The molecule has 0 saturated carbocycles. The Morgan fingerprint density at radius 1 is 1.47 bits per heavy atom. The van der Waals surface area contributed by atoms with E-state index in [1.165, 1.54) is 0 Å². The van der Waals surface area contributed by atoms with Crippen molar-refractivity contribution in [2.75, 3.05) is 13.1 Å². The van der Waals surface area contributed by atoms with E-state index in [2.05, 4.69) is 6.07 Å². The van der Waals surface area contributed by atoms with Gasteiger partial charge in [-0.2, -0.15) is 5.26 Å². The van der Waals surface area contributed by atoms with E-state index in [-0.39, 0.29) is 12.0 Å². The van der Waals surface area contributed by atoms with Crippen LogP contribution in [-0.4, -0.2) is 35.2 Å². The Morgan fingerprint density at radius 2 is 2.06 bits per heavy atom. The molecule has 0 aliphatic carbocycles. The molecule has 0 bridgehead atoms. The largest absolute Gasteiger partial charge is 0.444 e. The number of hydrogen-bond donors (Lipinski definition) is 1. The minimum Gasteiger partial charge on any atom is -0.444 e. The Hall–Kier alpha value is -1.28. The molecule has 17 heavy (non-hydrogen) atoms. The topological polar surface area (TPSA) is 79.3 Å². The summed E-state index contributed by atoms with van der Waals surface area (Å²) in [7, 11) is 0. The SMILES string of the molecule is CC(C)(C)OC(=O)N1CCC(C(C)(N)C#N)C1. The number of nitriles is 1. The molecule has 96 valence electrons. The molecule has 1 heterocycles. The van der Waals surface area contributed by atoms with Crippen LogP contribution in [0.3, 0.4) is 0 Å². The highest BCUT2D eigenvalue weighted by molar-refractivity contribution is 5.68. The van der Waals surface area contributed by atoms with E-state index in [4.69, 9.17) is 15.7 Å². The molecular formula is C12H21N3O2. The van der Waals surface area contributed by atoms with Gasteiger partial charge in [0.15, 0.2) is 0 Å². The van der Waals surface area contributed by atoms with E-state index in [1.807, 2.05) is 20.8 Å². The fourth-order valence-electron chi connectivity index (χ4n) is 1.83. The van der Waals surface area contributed by atoms with Crippen LogP contribution in [0.2, 0.25) is 0 Å². The van der Waals surface area contributed by atoms with E-state index in [1.54, 1.807) is 11.8 Å². The van der Waals surface area contributed by atoms with E-state index in [0.717, 1.165) is 6.42 Å². The lowest BCUT2D eigenvalue weighted by Crippen LogP contribution is -2.44. The first-order valence-electron chi connectivity index (χ1n) is 5.84. The van der Waals surface area contributed by atoms with Gasteiger partial charge in [-0.3, -0.25) is 0 Å². The van der Waals surface area contributed by atoms with Crippen molar-refractivity contribution in [1.82, 2.24) is 4.90 Å². The molecule has 1 rings (SSSR count). The lowest BCUT2D eigenvalue weighted by molar-refractivity contribution is 0.0285. The quantitative estimate of drug-likeness (QED) is 0.751. The zero-order valence-electron chi connectivity index (χ0n) is 11.0. The number of ether oxygens (including phenoxy) is 1. The Balaban J connectivity index is 2.57. The first-order valence-corrected chi connectivity index (χ1v) is 5.84. The average molecular weight is 239 g/mol.